The number of rotatable bonds is 48. The highest BCUT2D eigenvalue weighted by Crippen LogP contribution is 2.23. The molecular weight excluding hydrogens is 849 g/mol. The summed E-state index contributed by atoms with van der Waals surface area (Å²) < 4.78 is 21.9. The summed E-state index contributed by atoms with van der Waals surface area (Å²) in [5, 5.41) is 40.0. The third-order valence-electron chi connectivity index (χ3n) is 13.1. The van der Waals surface area contributed by atoms with Crippen LogP contribution in [0.15, 0.2) is 24.3 Å². The molecular formula is C56H102O11. The van der Waals surface area contributed by atoms with Crippen molar-refractivity contribution in [3.05, 3.63) is 24.3 Å². The van der Waals surface area contributed by atoms with Crippen LogP contribution in [0.1, 0.15) is 264 Å². The van der Waals surface area contributed by atoms with E-state index >= 15 is 0 Å². The number of carboxylic acids is 1. The lowest BCUT2D eigenvalue weighted by atomic mass is 9.99. The van der Waals surface area contributed by atoms with Crippen LogP contribution in [-0.2, 0) is 33.3 Å². The predicted octanol–water partition coefficient (Wildman–Crippen LogP) is 13.7. The van der Waals surface area contributed by atoms with Crippen LogP contribution in [0.5, 0.6) is 0 Å². The molecule has 0 radical (unpaired) electrons. The van der Waals surface area contributed by atoms with Gasteiger partial charge in [0, 0.05) is 12.8 Å². The van der Waals surface area contributed by atoms with Crippen molar-refractivity contribution < 1.29 is 53.8 Å². The minimum Gasteiger partial charge on any atom is -0.479 e. The van der Waals surface area contributed by atoms with Crippen LogP contribution in [0.3, 0.4) is 0 Å². The number of carbonyl (C=O) groups is 3. The second-order valence-electron chi connectivity index (χ2n) is 19.4. The molecule has 6 unspecified atom stereocenters. The SMILES string of the molecule is CCCCCCC/C=C\C/C=C\CCCCCCCCCCCCCC(=O)OCC(COC1OC(C(=O)O)C(O)C(O)C1O)OC(=O)CCCCCCCCCCCCCCCCCCCC. The molecule has 0 bridgehead atoms. The average molecular weight is 951 g/mol. The maximum Gasteiger partial charge on any atom is 0.335 e. The molecule has 1 fully saturated rings. The molecule has 392 valence electrons. The van der Waals surface area contributed by atoms with Crippen molar-refractivity contribution in [2.45, 2.75) is 301 Å². The molecule has 4 N–H and O–H groups in total. The first kappa shape index (κ1) is 62.7. The summed E-state index contributed by atoms with van der Waals surface area (Å²) >= 11 is 0. The Bertz CT molecular complexity index is 1210. The van der Waals surface area contributed by atoms with E-state index in [0.29, 0.717) is 12.8 Å². The maximum atomic E-state index is 12.9. The molecule has 11 heteroatoms. The average Bonchev–Trinajstić information content (AvgIpc) is 3.31. The zero-order valence-electron chi connectivity index (χ0n) is 42.9. The number of aliphatic hydroxyl groups is 3. The van der Waals surface area contributed by atoms with Gasteiger partial charge < -0.3 is 39.4 Å². The second kappa shape index (κ2) is 46.1. The quantitative estimate of drug-likeness (QED) is 0.0260. The number of hydrogen-bond acceptors (Lipinski definition) is 10. The molecule has 0 saturated carbocycles. The minimum atomic E-state index is -1.86. The van der Waals surface area contributed by atoms with Gasteiger partial charge in [0.2, 0.25) is 0 Å². The molecule has 0 amide bonds. The lowest BCUT2D eigenvalue weighted by Gasteiger charge is -2.38. The number of hydrogen-bond donors (Lipinski definition) is 4. The zero-order chi connectivity index (χ0) is 48.8. The Morgan fingerprint density at radius 2 is 0.836 bits per heavy atom. The molecule has 11 nitrogen and oxygen atoms in total. The van der Waals surface area contributed by atoms with Gasteiger partial charge >= 0.3 is 17.9 Å². The number of aliphatic hydroxyl groups excluding tert-OH is 3. The van der Waals surface area contributed by atoms with Crippen LogP contribution >= 0.6 is 0 Å². The first-order valence-corrected chi connectivity index (χ1v) is 27.9. The van der Waals surface area contributed by atoms with Crippen molar-refractivity contribution in [1.82, 2.24) is 0 Å². The summed E-state index contributed by atoms with van der Waals surface area (Å²) in [5.74, 6) is -2.43. The molecule has 0 aromatic carbocycles. The van der Waals surface area contributed by atoms with E-state index in [2.05, 4.69) is 38.2 Å². The summed E-state index contributed by atoms with van der Waals surface area (Å²) in [4.78, 5) is 37.1. The molecule has 0 aromatic rings. The van der Waals surface area contributed by atoms with Crippen molar-refractivity contribution in [3.8, 4) is 0 Å². The van der Waals surface area contributed by atoms with Gasteiger partial charge in [-0.25, -0.2) is 4.79 Å². The van der Waals surface area contributed by atoms with Crippen LogP contribution < -0.4 is 0 Å². The Hall–Kier alpha value is -2.31. The van der Waals surface area contributed by atoms with Gasteiger partial charge in [-0.05, 0) is 44.9 Å². The molecule has 6 atom stereocenters. The number of aliphatic carboxylic acids is 1. The van der Waals surface area contributed by atoms with E-state index in [1.807, 2.05) is 0 Å². The van der Waals surface area contributed by atoms with Crippen molar-refractivity contribution in [2.24, 2.45) is 0 Å². The molecule has 0 aliphatic carbocycles. The Morgan fingerprint density at radius 1 is 0.463 bits per heavy atom. The highest BCUT2D eigenvalue weighted by Gasteiger charge is 2.47. The first-order chi connectivity index (χ1) is 32.7. The highest BCUT2D eigenvalue weighted by atomic mass is 16.7. The Kier molecular flexibility index (Phi) is 43.1. The van der Waals surface area contributed by atoms with E-state index in [1.54, 1.807) is 0 Å². The van der Waals surface area contributed by atoms with E-state index < -0.39 is 54.7 Å². The number of allylic oxidation sites excluding steroid dienone is 4. The van der Waals surface area contributed by atoms with Gasteiger partial charge in [0.05, 0.1) is 6.61 Å². The molecule has 1 aliphatic heterocycles. The summed E-state index contributed by atoms with van der Waals surface area (Å²) in [6, 6.07) is 0. The third-order valence-corrected chi connectivity index (χ3v) is 13.1. The van der Waals surface area contributed by atoms with Gasteiger partial charge in [0.15, 0.2) is 18.5 Å². The molecule has 1 heterocycles. The summed E-state index contributed by atoms with van der Waals surface area (Å²) in [6.45, 7) is 3.85. The Labute approximate surface area is 409 Å². The maximum absolute atomic E-state index is 12.9. The van der Waals surface area contributed by atoms with Crippen molar-refractivity contribution in [2.75, 3.05) is 13.2 Å². The number of unbranched alkanes of at least 4 members (excludes halogenated alkanes) is 33. The second-order valence-corrected chi connectivity index (χ2v) is 19.4. The Morgan fingerprint density at radius 3 is 1.24 bits per heavy atom. The van der Waals surface area contributed by atoms with Crippen molar-refractivity contribution in [3.63, 3.8) is 0 Å². The fraction of sp³-hybridized carbons (Fsp3) is 0.875. The smallest absolute Gasteiger partial charge is 0.335 e. The van der Waals surface area contributed by atoms with Gasteiger partial charge in [-0.2, -0.15) is 0 Å². The number of carbonyl (C=O) groups excluding carboxylic acids is 2. The van der Waals surface area contributed by atoms with Crippen LogP contribution in [0.2, 0.25) is 0 Å². The first-order valence-electron chi connectivity index (χ1n) is 27.9. The van der Waals surface area contributed by atoms with Gasteiger partial charge in [-0.15, -0.1) is 0 Å². The fourth-order valence-corrected chi connectivity index (χ4v) is 8.68. The number of ether oxygens (including phenoxy) is 4. The molecule has 67 heavy (non-hydrogen) atoms. The number of esters is 2. The minimum absolute atomic E-state index is 0.188. The summed E-state index contributed by atoms with van der Waals surface area (Å²) in [7, 11) is 0. The largest absolute Gasteiger partial charge is 0.479 e. The van der Waals surface area contributed by atoms with Crippen LogP contribution in [-0.4, -0.2) is 88.4 Å². The van der Waals surface area contributed by atoms with Gasteiger partial charge in [-0.1, -0.05) is 231 Å². The van der Waals surface area contributed by atoms with E-state index in [-0.39, 0.29) is 26.1 Å². The third kappa shape index (κ3) is 37.2. The molecule has 1 rings (SSSR count). The standard InChI is InChI=1S/C56H102O11/c1-3-5-7-9-11-13-15-17-19-21-23-24-25-26-27-29-30-32-34-36-38-40-42-44-49(57)64-46-48(47-65-56-53(61)51(59)52(60)54(67-56)55(62)63)66-50(58)45-43-41-39-37-35-33-31-28-22-20-18-16-14-12-10-8-6-4-2/h15,17,21,23,48,51-54,56,59-61H,3-14,16,18-20,22,24-47H2,1-2H3,(H,62,63)/b17-15-,23-21-. The van der Waals surface area contributed by atoms with Crippen molar-refractivity contribution in [1.29, 1.82) is 0 Å². The van der Waals surface area contributed by atoms with E-state index in [1.165, 1.54) is 180 Å². The molecule has 0 aromatic heterocycles. The van der Waals surface area contributed by atoms with E-state index in [9.17, 15) is 34.8 Å². The van der Waals surface area contributed by atoms with E-state index in [4.69, 9.17) is 18.9 Å². The molecule has 0 spiro atoms. The monoisotopic (exact) mass is 951 g/mol. The normalized spacial score (nSPS) is 19.1. The van der Waals surface area contributed by atoms with Gasteiger partial charge in [0.25, 0.3) is 0 Å². The van der Waals surface area contributed by atoms with Crippen LogP contribution in [0, 0.1) is 0 Å². The molecule has 1 aliphatic rings. The summed E-state index contributed by atoms with van der Waals surface area (Å²) in [5.41, 5.74) is 0. The van der Waals surface area contributed by atoms with Crippen LogP contribution in [0.25, 0.3) is 0 Å². The van der Waals surface area contributed by atoms with Gasteiger partial charge in [-0.3, -0.25) is 9.59 Å². The zero-order valence-corrected chi connectivity index (χ0v) is 42.9. The van der Waals surface area contributed by atoms with E-state index in [0.717, 1.165) is 44.9 Å². The van der Waals surface area contributed by atoms with Crippen LogP contribution in [0.4, 0.5) is 0 Å². The summed E-state index contributed by atoms with van der Waals surface area (Å²) in [6.07, 6.45) is 45.1. The Balaban J connectivity index is 2.24. The number of carboxylic acid groups (broad SMARTS) is 1. The molecule has 1 saturated heterocycles. The predicted molar refractivity (Wildman–Crippen MR) is 271 cm³/mol. The lowest BCUT2D eigenvalue weighted by Crippen LogP contribution is -2.60. The topological polar surface area (TPSA) is 169 Å². The highest BCUT2D eigenvalue weighted by molar-refractivity contribution is 5.73. The van der Waals surface area contributed by atoms with Gasteiger partial charge in [0.1, 0.15) is 24.9 Å². The lowest BCUT2D eigenvalue weighted by molar-refractivity contribution is -0.298. The van der Waals surface area contributed by atoms with Crippen molar-refractivity contribution >= 4 is 17.9 Å². The fourth-order valence-electron chi connectivity index (χ4n) is 8.68.